The van der Waals surface area contributed by atoms with Crippen molar-refractivity contribution < 1.29 is 18.0 Å². The standard InChI is InChI=1S/C27H29FNO3P/c1-5-31-33(30,32-6-2)27-24-13-12-22(28)18-25(24)26(17-21-10-8-7-9-11-21)29(27)23-15-19(3)14-20(4)16-23/h7-16,18H,5-6,17H2,1-4H3. The molecule has 4 nitrogen and oxygen atoms in total. The highest BCUT2D eigenvalue weighted by Crippen LogP contribution is 2.50. The normalized spacial score (nSPS) is 11.9. The molecule has 33 heavy (non-hydrogen) atoms. The molecule has 3 aromatic carbocycles. The van der Waals surface area contributed by atoms with Crippen LogP contribution in [-0.4, -0.2) is 17.8 Å². The Bertz CT molecular complexity index is 1300. The number of nitrogens with zero attached hydrogens (tertiary/aromatic N) is 1. The van der Waals surface area contributed by atoms with Crippen molar-refractivity contribution in [1.29, 1.82) is 0 Å². The summed E-state index contributed by atoms with van der Waals surface area (Å²) in [6.45, 7) is 8.10. The van der Waals surface area contributed by atoms with Gasteiger partial charge in [-0.25, -0.2) is 4.39 Å². The van der Waals surface area contributed by atoms with E-state index in [2.05, 4.69) is 6.07 Å². The lowest BCUT2D eigenvalue weighted by atomic mass is 10.1. The van der Waals surface area contributed by atoms with E-state index in [4.69, 9.17) is 9.05 Å². The molecular weight excluding hydrogens is 436 g/mol. The van der Waals surface area contributed by atoms with Crippen LogP contribution in [-0.2, 0) is 20.0 Å². The summed E-state index contributed by atoms with van der Waals surface area (Å²) in [6, 6.07) is 20.8. The van der Waals surface area contributed by atoms with Gasteiger partial charge in [0.25, 0.3) is 0 Å². The monoisotopic (exact) mass is 465 g/mol. The van der Waals surface area contributed by atoms with Gasteiger partial charge in [-0.15, -0.1) is 0 Å². The Morgan fingerprint density at radius 3 is 2.09 bits per heavy atom. The van der Waals surface area contributed by atoms with E-state index in [0.29, 0.717) is 22.6 Å². The summed E-state index contributed by atoms with van der Waals surface area (Å²) in [5, 5.41) is 1.37. The first-order valence-corrected chi connectivity index (χ1v) is 12.8. The van der Waals surface area contributed by atoms with Gasteiger partial charge in [0.15, 0.2) is 0 Å². The molecule has 172 valence electrons. The lowest BCUT2D eigenvalue weighted by molar-refractivity contribution is 0.229. The molecule has 1 aromatic heterocycles. The van der Waals surface area contributed by atoms with Crippen LogP contribution < -0.4 is 5.44 Å². The fraction of sp³-hybridized carbons (Fsp3) is 0.259. The van der Waals surface area contributed by atoms with Gasteiger partial charge in [0.05, 0.1) is 13.2 Å². The third-order valence-corrected chi connectivity index (χ3v) is 7.71. The molecule has 0 atom stereocenters. The maximum absolute atomic E-state index is 14.5. The molecule has 0 saturated heterocycles. The number of rotatable bonds is 8. The molecule has 0 aliphatic heterocycles. The Morgan fingerprint density at radius 2 is 1.48 bits per heavy atom. The predicted octanol–water partition coefficient (Wildman–Crippen LogP) is 6.87. The van der Waals surface area contributed by atoms with Crippen molar-refractivity contribution in [3.05, 3.63) is 94.9 Å². The molecule has 0 amide bonds. The van der Waals surface area contributed by atoms with Gasteiger partial charge in [0, 0.05) is 28.6 Å². The van der Waals surface area contributed by atoms with Gasteiger partial charge in [-0.2, -0.15) is 0 Å². The molecule has 0 unspecified atom stereocenters. The molecule has 4 rings (SSSR count). The van der Waals surface area contributed by atoms with Crippen molar-refractivity contribution in [2.45, 2.75) is 34.1 Å². The van der Waals surface area contributed by atoms with Gasteiger partial charge in [0.2, 0.25) is 0 Å². The second-order valence-electron chi connectivity index (χ2n) is 8.14. The molecule has 0 bridgehead atoms. The highest BCUT2D eigenvalue weighted by Gasteiger charge is 2.36. The molecule has 0 aliphatic carbocycles. The van der Waals surface area contributed by atoms with E-state index >= 15 is 0 Å². The zero-order chi connectivity index (χ0) is 23.6. The lowest BCUT2D eigenvalue weighted by Crippen LogP contribution is -2.21. The molecule has 0 N–H and O–H groups in total. The first-order chi connectivity index (χ1) is 15.9. The molecular formula is C27H29FNO3P. The van der Waals surface area contributed by atoms with Crippen LogP contribution in [0.1, 0.15) is 36.2 Å². The Kier molecular flexibility index (Phi) is 6.85. The summed E-state index contributed by atoms with van der Waals surface area (Å²) in [6.07, 6.45) is 0.534. The minimum atomic E-state index is -3.71. The average molecular weight is 466 g/mol. The van der Waals surface area contributed by atoms with E-state index in [9.17, 15) is 8.96 Å². The van der Waals surface area contributed by atoms with Gasteiger partial charge < -0.3 is 13.6 Å². The van der Waals surface area contributed by atoms with E-state index in [-0.39, 0.29) is 19.0 Å². The van der Waals surface area contributed by atoms with Crippen molar-refractivity contribution in [1.82, 2.24) is 4.57 Å². The number of hydrogen-bond donors (Lipinski definition) is 0. The van der Waals surface area contributed by atoms with E-state index in [0.717, 1.165) is 28.1 Å². The first-order valence-electron chi connectivity index (χ1n) is 11.2. The second kappa shape index (κ2) is 9.64. The summed E-state index contributed by atoms with van der Waals surface area (Å²) in [7, 11) is -3.71. The fourth-order valence-electron chi connectivity index (χ4n) is 4.41. The number of hydrogen-bond acceptors (Lipinski definition) is 3. The Hall–Kier alpha value is -2.72. The largest absolute Gasteiger partial charge is 0.378 e. The molecule has 6 heteroatoms. The topological polar surface area (TPSA) is 40.5 Å². The maximum Gasteiger partial charge on any atom is 0.378 e. The van der Waals surface area contributed by atoms with Crippen molar-refractivity contribution >= 4 is 23.8 Å². The molecule has 0 radical (unpaired) electrons. The van der Waals surface area contributed by atoms with Gasteiger partial charge in [-0.05, 0) is 74.7 Å². The summed E-state index contributed by atoms with van der Waals surface area (Å²) in [5.74, 6) is -0.344. The molecule has 0 spiro atoms. The number of halogens is 1. The van der Waals surface area contributed by atoms with Crippen LogP contribution in [0, 0.1) is 19.7 Å². The summed E-state index contributed by atoms with van der Waals surface area (Å²) < 4.78 is 42.2. The number of fused-ring (bicyclic) bond motifs is 1. The number of aryl methyl sites for hydroxylation is 2. The third kappa shape index (κ3) is 4.67. The molecule has 0 saturated carbocycles. The van der Waals surface area contributed by atoms with Crippen molar-refractivity contribution in [2.24, 2.45) is 0 Å². The fourth-order valence-corrected chi connectivity index (χ4v) is 6.38. The molecule has 1 heterocycles. The molecule has 4 aromatic rings. The highest BCUT2D eigenvalue weighted by atomic mass is 31.2. The van der Waals surface area contributed by atoms with E-state index in [1.54, 1.807) is 19.9 Å². The lowest BCUT2D eigenvalue weighted by Gasteiger charge is -2.22. The van der Waals surface area contributed by atoms with Gasteiger partial charge in [0.1, 0.15) is 11.3 Å². The van der Waals surface area contributed by atoms with E-state index in [1.807, 2.05) is 60.9 Å². The zero-order valence-corrected chi connectivity index (χ0v) is 20.4. The summed E-state index contributed by atoms with van der Waals surface area (Å²) in [4.78, 5) is 0. The highest BCUT2D eigenvalue weighted by molar-refractivity contribution is 7.62. The van der Waals surface area contributed by atoms with Gasteiger partial charge in [-0.3, -0.25) is 4.57 Å². The van der Waals surface area contributed by atoms with E-state index < -0.39 is 7.60 Å². The first kappa shape index (κ1) is 23.4. The van der Waals surface area contributed by atoms with Crippen LogP contribution in [0.5, 0.6) is 0 Å². The molecule has 0 aliphatic rings. The van der Waals surface area contributed by atoms with Gasteiger partial charge in [-0.1, -0.05) is 36.4 Å². The van der Waals surface area contributed by atoms with Crippen LogP contribution >= 0.6 is 7.60 Å². The summed E-state index contributed by atoms with van der Waals surface area (Å²) in [5.41, 5.74) is 5.36. The zero-order valence-electron chi connectivity index (χ0n) is 19.5. The minimum Gasteiger partial charge on any atom is -0.306 e. The van der Waals surface area contributed by atoms with E-state index in [1.165, 1.54) is 12.1 Å². The second-order valence-corrected chi connectivity index (χ2v) is 10.1. The Labute approximate surface area is 194 Å². The van der Waals surface area contributed by atoms with Crippen LogP contribution in [0.3, 0.4) is 0 Å². The predicted molar refractivity (Wildman–Crippen MR) is 132 cm³/mol. The molecule has 0 fully saturated rings. The summed E-state index contributed by atoms with van der Waals surface area (Å²) >= 11 is 0. The van der Waals surface area contributed by atoms with Crippen LogP contribution in [0.4, 0.5) is 4.39 Å². The number of benzene rings is 3. The SMILES string of the molecule is CCOP(=O)(OCC)c1c2ccc(F)cc2c(Cc2ccccc2)n1-c1cc(C)cc(C)c1. The van der Waals surface area contributed by atoms with Crippen LogP contribution in [0.25, 0.3) is 16.5 Å². The smallest absolute Gasteiger partial charge is 0.306 e. The average Bonchev–Trinajstić information content (AvgIpc) is 3.08. The third-order valence-electron chi connectivity index (χ3n) is 5.55. The Morgan fingerprint density at radius 1 is 0.848 bits per heavy atom. The maximum atomic E-state index is 14.5. The van der Waals surface area contributed by atoms with Crippen molar-refractivity contribution in [2.75, 3.05) is 13.2 Å². The minimum absolute atomic E-state index is 0.228. The Balaban J connectivity index is 2.13. The van der Waals surface area contributed by atoms with Gasteiger partial charge >= 0.3 is 7.60 Å². The van der Waals surface area contributed by atoms with Crippen LogP contribution in [0.2, 0.25) is 0 Å². The van der Waals surface area contributed by atoms with Crippen LogP contribution in [0.15, 0.2) is 66.7 Å². The van der Waals surface area contributed by atoms with Crippen molar-refractivity contribution in [3.8, 4) is 5.69 Å². The number of aromatic nitrogens is 1. The van der Waals surface area contributed by atoms with Crippen molar-refractivity contribution in [3.63, 3.8) is 0 Å². The quantitative estimate of drug-likeness (QED) is 0.267.